The fraction of sp³-hybridized carbons (Fsp3) is 0.650. The van der Waals surface area contributed by atoms with E-state index in [4.69, 9.17) is 4.74 Å². The van der Waals surface area contributed by atoms with Crippen molar-refractivity contribution in [3.05, 3.63) is 29.8 Å². The molecule has 1 aliphatic heterocycles. The van der Waals surface area contributed by atoms with Crippen LogP contribution in [0.5, 0.6) is 5.75 Å². The number of hydrogen-bond donors (Lipinski definition) is 1. The van der Waals surface area contributed by atoms with Gasteiger partial charge in [-0.1, -0.05) is 32.9 Å². The van der Waals surface area contributed by atoms with E-state index in [0.29, 0.717) is 32.4 Å². The molecule has 4 heteroatoms. The van der Waals surface area contributed by atoms with Gasteiger partial charge in [-0.05, 0) is 49.8 Å². The molecule has 1 unspecified atom stereocenters. The Kier molecular flexibility index (Phi) is 5.59. The van der Waals surface area contributed by atoms with E-state index >= 15 is 0 Å². The van der Waals surface area contributed by atoms with Crippen LogP contribution < -0.4 is 4.74 Å². The number of aliphatic hydroxyl groups excluding tert-OH is 1. The molecule has 1 amide bonds. The molecule has 4 nitrogen and oxygen atoms in total. The Bertz CT molecular complexity index is 557. The summed E-state index contributed by atoms with van der Waals surface area (Å²) in [4.78, 5) is 14.1. The second-order valence-corrected chi connectivity index (χ2v) is 8.23. The summed E-state index contributed by atoms with van der Waals surface area (Å²) >= 11 is 0. The van der Waals surface area contributed by atoms with Gasteiger partial charge in [0.25, 0.3) is 0 Å². The first kappa shape index (κ1) is 18.8. The van der Waals surface area contributed by atoms with Gasteiger partial charge in [0.1, 0.15) is 5.75 Å². The summed E-state index contributed by atoms with van der Waals surface area (Å²) in [7, 11) is 0. The zero-order valence-corrected chi connectivity index (χ0v) is 15.6. The Labute approximate surface area is 145 Å². The van der Waals surface area contributed by atoms with Gasteiger partial charge in [0.2, 0.25) is 5.91 Å². The van der Waals surface area contributed by atoms with Crippen LogP contribution in [0.2, 0.25) is 0 Å². The van der Waals surface area contributed by atoms with Gasteiger partial charge >= 0.3 is 0 Å². The van der Waals surface area contributed by atoms with Gasteiger partial charge in [-0.25, -0.2) is 0 Å². The first-order valence-electron chi connectivity index (χ1n) is 8.84. The Morgan fingerprint density at radius 2 is 1.92 bits per heavy atom. The normalized spacial score (nSPS) is 20.2. The molecule has 1 N–H and O–H groups in total. The number of ether oxygens (including phenoxy) is 1. The number of nitrogens with zero attached hydrogens (tertiary/aromatic N) is 1. The molecular formula is C20H31NO3. The van der Waals surface area contributed by atoms with E-state index in [9.17, 15) is 9.90 Å². The van der Waals surface area contributed by atoms with Crippen LogP contribution >= 0.6 is 0 Å². The van der Waals surface area contributed by atoms with Crippen LogP contribution in [0.4, 0.5) is 0 Å². The van der Waals surface area contributed by atoms with Gasteiger partial charge in [0, 0.05) is 13.0 Å². The summed E-state index contributed by atoms with van der Waals surface area (Å²) in [5.74, 6) is 0.940. The van der Waals surface area contributed by atoms with Crippen LogP contribution in [-0.4, -0.2) is 40.7 Å². The van der Waals surface area contributed by atoms with Gasteiger partial charge in [0.15, 0.2) is 0 Å². The topological polar surface area (TPSA) is 49.8 Å². The summed E-state index contributed by atoms with van der Waals surface area (Å²) in [5, 5.41) is 9.96. The fourth-order valence-electron chi connectivity index (χ4n) is 3.12. The highest BCUT2D eigenvalue weighted by Gasteiger charge is 2.42. The number of carbonyl (C=O) groups excluding carboxylic acids is 1. The van der Waals surface area contributed by atoms with E-state index in [1.165, 1.54) is 5.56 Å². The minimum Gasteiger partial charge on any atom is -0.494 e. The SMILES string of the molecule is CC(C)(C)c1ccc(OCCCC(=O)N2CCC(O)C2(C)C)cc1. The quantitative estimate of drug-likeness (QED) is 0.839. The lowest BCUT2D eigenvalue weighted by Crippen LogP contribution is -2.48. The predicted molar refractivity (Wildman–Crippen MR) is 96.3 cm³/mol. The number of benzene rings is 1. The first-order valence-corrected chi connectivity index (χ1v) is 8.84. The molecule has 2 rings (SSSR count). The van der Waals surface area contributed by atoms with Crippen LogP contribution in [0.3, 0.4) is 0 Å². The lowest BCUT2D eigenvalue weighted by molar-refractivity contribution is -0.136. The number of aliphatic hydroxyl groups is 1. The van der Waals surface area contributed by atoms with Crippen molar-refractivity contribution >= 4 is 5.91 Å². The number of carbonyl (C=O) groups is 1. The molecule has 0 aromatic heterocycles. The molecule has 0 radical (unpaired) electrons. The summed E-state index contributed by atoms with van der Waals surface area (Å²) < 4.78 is 5.74. The van der Waals surface area contributed by atoms with Crippen LogP contribution in [0, 0.1) is 0 Å². The second kappa shape index (κ2) is 7.14. The molecule has 1 fully saturated rings. The largest absolute Gasteiger partial charge is 0.494 e. The Balaban J connectivity index is 1.76. The van der Waals surface area contributed by atoms with Crippen molar-refractivity contribution in [3.8, 4) is 5.75 Å². The monoisotopic (exact) mass is 333 g/mol. The standard InChI is InChI=1S/C20H31NO3/c1-19(2,3)15-8-10-16(11-9-15)24-14-6-7-18(23)21-13-12-17(22)20(21,4)5/h8-11,17,22H,6-7,12-14H2,1-5H3. The number of hydrogen-bond acceptors (Lipinski definition) is 3. The van der Waals surface area contributed by atoms with E-state index in [1.54, 1.807) is 4.90 Å². The van der Waals surface area contributed by atoms with E-state index in [2.05, 4.69) is 32.9 Å². The zero-order chi connectivity index (χ0) is 18.0. The molecule has 134 valence electrons. The predicted octanol–water partition coefficient (Wildman–Crippen LogP) is 3.51. The van der Waals surface area contributed by atoms with Crippen molar-refractivity contribution in [1.29, 1.82) is 0 Å². The van der Waals surface area contributed by atoms with Gasteiger partial charge in [0.05, 0.1) is 18.2 Å². The van der Waals surface area contributed by atoms with Gasteiger partial charge in [-0.3, -0.25) is 4.79 Å². The number of rotatable bonds is 5. The van der Waals surface area contributed by atoms with Crippen molar-refractivity contribution in [2.45, 2.75) is 70.9 Å². The summed E-state index contributed by atoms with van der Waals surface area (Å²) in [5.41, 5.74) is 0.957. The van der Waals surface area contributed by atoms with Crippen LogP contribution in [-0.2, 0) is 10.2 Å². The zero-order valence-electron chi connectivity index (χ0n) is 15.6. The van der Waals surface area contributed by atoms with Crippen molar-refractivity contribution in [2.24, 2.45) is 0 Å². The maximum Gasteiger partial charge on any atom is 0.223 e. The third-order valence-electron chi connectivity index (χ3n) is 4.96. The van der Waals surface area contributed by atoms with E-state index in [0.717, 1.165) is 5.75 Å². The number of amides is 1. The molecular weight excluding hydrogens is 302 g/mol. The third-order valence-corrected chi connectivity index (χ3v) is 4.96. The molecule has 1 aromatic rings. The maximum atomic E-state index is 12.3. The van der Waals surface area contributed by atoms with Crippen molar-refractivity contribution < 1.29 is 14.6 Å². The molecule has 0 spiro atoms. The molecule has 1 saturated heterocycles. The molecule has 24 heavy (non-hydrogen) atoms. The summed E-state index contributed by atoms with van der Waals surface area (Å²) in [6.07, 6.45) is 1.37. The average Bonchev–Trinajstić information content (AvgIpc) is 2.77. The van der Waals surface area contributed by atoms with Gasteiger partial charge in [-0.15, -0.1) is 0 Å². The molecule has 1 aromatic carbocycles. The average molecular weight is 333 g/mol. The highest BCUT2D eigenvalue weighted by atomic mass is 16.5. The molecule has 0 saturated carbocycles. The molecule has 0 aliphatic carbocycles. The highest BCUT2D eigenvalue weighted by Crippen LogP contribution is 2.29. The first-order chi connectivity index (χ1) is 11.1. The maximum absolute atomic E-state index is 12.3. The second-order valence-electron chi connectivity index (χ2n) is 8.23. The molecule has 1 atom stereocenters. The minimum atomic E-state index is -0.458. The van der Waals surface area contributed by atoms with E-state index in [-0.39, 0.29) is 11.3 Å². The van der Waals surface area contributed by atoms with Gasteiger partial charge < -0.3 is 14.7 Å². The van der Waals surface area contributed by atoms with Crippen LogP contribution in [0.15, 0.2) is 24.3 Å². The lowest BCUT2D eigenvalue weighted by atomic mass is 9.87. The molecule has 1 heterocycles. The molecule has 0 bridgehead atoms. The Morgan fingerprint density at radius 1 is 1.29 bits per heavy atom. The van der Waals surface area contributed by atoms with E-state index in [1.807, 2.05) is 26.0 Å². The lowest BCUT2D eigenvalue weighted by Gasteiger charge is -2.33. The summed E-state index contributed by atoms with van der Waals surface area (Å²) in [6.45, 7) is 11.6. The van der Waals surface area contributed by atoms with Crippen LogP contribution in [0.1, 0.15) is 59.4 Å². The Hall–Kier alpha value is -1.55. The smallest absolute Gasteiger partial charge is 0.223 e. The third kappa shape index (κ3) is 4.29. The fourth-order valence-corrected chi connectivity index (χ4v) is 3.12. The van der Waals surface area contributed by atoms with Crippen LogP contribution in [0.25, 0.3) is 0 Å². The number of likely N-dealkylation sites (tertiary alicyclic amines) is 1. The Morgan fingerprint density at radius 3 is 2.42 bits per heavy atom. The van der Waals surface area contributed by atoms with E-state index < -0.39 is 11.6 Å². The molecule has 1 aliphatic rings. The van der Waals surface area contributed by atoms with Gasteiger partial charge in [-0.2, -0.15) is 0 Å². The summed E-state index contributed by atoms with van der Waals surface area (Å²) in [6, 6.07) is 8.16. The van der Waals surface area contributed by atoms with Crippen molar-refractivity contribution in [1.82, 2.24) is 4.90 Å². The van der Waals surface area contributed by atoms with Crippen molar-refractivity contribution in [2.75, 3.05) is 13.2 Å². The van der Waals surface area contributed by atoms with Crippen molar-refractivity contribution in [3.63, 3.8) is 0 Å². The minimum absolute atomic E-state index is 0.100. The highest BCUT2D eigenvalue weighted by molar-refractivity contribution is 5.77.